The van der Waals surface area contributed by atoms with E-state index in [2.05, 4.69) is 10.4 Å². The molecule has 20 heavy (non-hydrogen) atoms. The highest BCUT2D eigenvalue weighted by atomic mass is 16.3. The quantitative estimate of drug-likeness (QED) is 0.842. The van der Waals surface area contributed by atoms with Gasteiger partial charge in [0.15, 0.2) is 0 Å². The minimum Gasteiger partial charge on any atom is -0.396 e. The summed E-state index contributed by atoms with van der Waals surface area (Å²) in [5.41, 5.74) is 1.12. The zero-order valence-corrected chi connectivity index (χ0v) is 12.1. The molecule has 0 aromatic carbocycles. The molecule has 0 saturated carbocycles. The average Bonchev–Trinajstić information content (AvgIpc) is 2.85. The second-order valence-corrected chi connectivity index (χ2v) is 5.36. The van der Waals surface area contributed by atoms with Crippen LogP contribution in [0.1, 0.15) is 31.2 Å². The number of amides is 2. The average molecular weight is 280 g/mol. The Balaban J connectivity index is 1.77. The predicted octanol–water partition coefficient (Wildman–Crippen LogP) is 0.909. The molecule has 2 N–H and O–H groups in total. The topological polar surface area (TPSA) is 70.4 Å². The molecular weight excluding hydrogens is 256 g/mol. The third-order valence-electron chi connectivity index (χ3n) is 3.80. The Morgan fingerprint density at radius 2 is 2.40 bits per heavy atom. The summed E-state index contributed by atoms with van der Waals surface area (Å²) in [5.74, 6) is 0. The first-order valence-corrected chi connectivity index (χ1v) is 7.33. The summed E-state index contributed by atoms with van der Waals surface area (Å²) in [6, 6.07) is 0.180. The van der Waals surface area contributed by atoms with Gasteiger partial charge in [-0.3, -0.25) is 4.68 Å². The molecule has 112 valence electrons. The van der Waals surface area contributed by atoms with Crippen molar-refractivity contribution in [3.05, 3.63) is 18.0 Å². The number of nitrogens with zero attached hydrogens (tertiary/aromatic N) is 3. The van der Waals surface area contributed by atoms with Crippen LogP contribution >= 0.6 is 0 Å². The smallest absolute Gasteiger partial charge is 0.317 e. The summed E-state index contributed by atoms with van der Waals surface area (Å²) in [5, 5.41) is 16.2. The van der Waals surface area contributed by atoms with Crippen molar-refractivity contribution >= 4 is 6.03 Å². The lowest BCUT2D eigenvalue weighted by Gasteiger charge is -2.35. The fourth-order valence-electron chi connectivity index (χ4n) is 2.73. The van der Waals surface area contributed by atoms with Crippen LogP contribution in [-0.4, -0.2) is 51.6 Å². The number of piperidine rings is 1. The lowest BCUT2D eigenvalue weighted by molar-refractivity contribution is 0.132. The molecule has 1 aromatic heterocycles. The maximum atomic E-state index is 12.2. The van der Waals surface area contributed by atoms with E-state index >= 15 is 0 Å². The third kappa shape index (κ3) is 3.96. The molecule has 2 heterocycles. The molecule has 1 atom stereocenters. The van der Waals surface area contributed by atoms with Gasteiger partial charge in [0.1, 0.15) is 0 Å². The van der Waals surface area contributed by atoms with Crippen molar-refractivity contribution in [3.63, 3.8) is 0 Å². The van der Waals surface area contributed by atoms with Gasteiger partial charge in [-0.15, -0.1) is 0 Å². The van der Waals surface area contributed by atoms with E-state index in [4.69, 9.17) is 5.11 Å². The Hall–Kier alpha value is -1.56. The normalized spacial score (nSPS) is 19.1. The number of aryl methyl sites for hydroxylation is 1. The van der Waals surface area contributed by atoms with E-state index < -0.39 is 0 Å². The zero-order chi connectivity index (χ0) is 14.4. The van der Waals surface area contributed by atoms with Crippen molar-refractivity contribution in [2.75, 3.05) is 19.7 Å². The number of rotatable bonds is 5. The van der Waals surface area contributed by atoms with E-state index in [-0.39, 0.29) is 18.7 Å². The molecule has 1 saturated heterocycles. The fourth-order valence-corrected chi connectivity index (χ4v) is 2.73. The van der Waals surface area contributed by atoms with Crippen LogP contribution in [0.5, 0.6) is 0 Å². The van der Waals surface area contributed by atoms with Crippen LogP contribution in [0.25, 0.3) is 0 Å². The molecule has 6 nitrogen and oxygen atoms in total. The summed E-state index contributed by atoms with van der Waals surface area (Å²) < 4.78 is 1.76. The minimum atomic E-state index is -0.00737. The van der Waals surface area contributed by atoms with Gasteiger partial charge in [0, 0.05) is 39.0 Å². The van der Waals surface area contributed by atoms with E-state index in [9.17, 15) is 4.79 Å². The van der Waals surface area contributed by atoms with Gasteiger partial charge in [-0.05, 0) is 37.7 Å². The molecule has 0 spiro atoms. The molecule has 1 fully saturated rings. The Bertz CT molecular complexity index is 431. The van der Waals surface area contributed by atoms with E-state index in [0.717, 1.165) is 37.8 Å². The molecule has 1 aliphatic heterocycles. The molecule has 1 unspecified atom stereocenters. The first-order chi connectivity index (χ1) is 9.70. The number of urea groups is 1. The molecule has 2 amide bonds. The lowest BCUT2D eigenvalue weighted by atomic mass is 10.0. The van der Waals surface area contributed by atoms with Gasteiger partial charge in [0.05, 0.1) is 6.20 Å². The van der Waals surface area contributed by atoms with Crippen molar-refractivity contribution < 1.29 is 9.90 Å². The second kappa shape index (κ2) is 7.28. The van der Waals surface area contributed by atoms with Gasteiger partial charge in [0.25, 0.3) is 0 Å². The summed E-state index contributed by atoms with van der Waals surface area (Å²) >= 11 is 0. The lowest BCUT2D eigenvalue weighted by Crippen LogP contribution is -2.49. The number of carbonyl (C=O) groups is 1. The number of likely N-dealkylation sites (tertiary alicyclic amines) is 1. The van der Waals surface area contributed by atoms with Crippen LogP contribution in [0.2, 0.25) is 0 Å². The second-order valence-electron chi connectivity index (χ2n) is 5.36. The molecule has 1 aromatic rings. The van der Waals surface area contributed by atoms with Gasteiger partial charge in [-0.1, -0.05) is 0 Å². The number of aromatic nitrogens is 2. The fraction of sp³-hybridized carbons (Fsp3) is 0.714. The van der Waals surface area contributed by atoms with E-state index in [1.54, 1.807) is 4.68 Å². The number of hydrogen-bond acceptors (Lipinski definition) is 3. The van der Waals surface area contributed by atoms with Crippen LogP contribution in [0.4, 0.5) is 4.79 Å². The van der Waals surface area contributed by atoms with Gasteiger partial charge in [-0.2, -0.15) is 5.10 Å². The third-order valence-corrected chi connectivity index (χ3v) is 3.80. The molecule has 6 heteroatoms. The van der Waals surface area contributed by atoms with Crippen molar-refractivity contribution in [1.29, 1.82) is 0 Å². The number of carbonyl (C=O) groups excluding carboxylic acids is 1. The minimum absolute atomic E-state index is 0.00737. The number of aliphatic hydroxyl groups excluding tert-OH is 1. The van der Waals surface area contributed by atoms with Gasteiger partial charge < -0.3 is 15.3 Å². The molecule has 0 aliphatic carbocycles. The molecule has 0 radical (unpaired) electrons. The highest BCUT2D eigenvalue weighted by molar-refractivity contribution is 5.74. The maximum absolute atomic E-state index is 12.2. The SMILES string of the molecule is Cn1cc(CCNC(=O)N2CCCCC2CCO)cn1. The largest absolute Gasteiger partial charge is 0.396 e. The first kappa shape index (κ1) is 14.8. The Labute approximate surface area is 119 Å². The number of aliphatic hydroxyl groups is 1. The van der Waals surface area contributed by atoms with Crippen LogP contribution < -0.4 is 5.32 Å². The van der Waals surface area contributed by atoms with Gasteiger partial charge in [-0.25, -0.2) is 4.79 Å². The zero-order valence-electron chi connectivity index (χ0n) is 12.1. The van der Waals surface area contributed by atoms with Crippen molar-refractivity contribution in [1.82, 2.24) is 20.0 Å². The maximum Gasteiger partial charge on any atom is 0.317 e. The summed E-state index contributed by atoms with van der Waals surface area (Å²) in [7, 11) is 1.88. The summed E-state index contributed by atoms with van der Waals surface area (Å²) in [6.45, 7) is 1.56. The van der Waals surface area contributed by atoms with Crippen molar-refractivity contribution in [2.24, 2.45) is 7.05 Å². The van der Waals surface area contributed by atoms with Crippen LogP contribution in [0.3, 0.4) is 0 Å². The molecular formula is C14H24N4O2. The highest BCUT2D eigenvalue weighted by Gasteiger charge is 2.25. The van der Waals surface area contributed by atoms with E-state index in [1.807, 2.05) is 24.3 Å². The Morgan fingerprint density at radius 3 is 3.10 bits per heavy atom. The number of hydrogen-bond donors (Lipinski definition) is 2. The van der Waals surface area contributed by atoms with Crippen LogP contribution in [0.15, 0.2) is 12.4 Å². The predicted molar refractivity (Wildman–Crippen MR) is 76.4 cm³/mol. The first-order valence-electron chi connectivity index (χ1n) is 7.33. The van der Waals surface area contributed by atoms with Crippen molar-refractivity contribution in [2.45, 2.75) is 38.1 Å². The van der Waals surface area contributed by atoms with Crippen LogP contribution in [0, 0.1) is 0 Å². The molecule has 1 aliphatic rings. The van der Waals surface area contributed by atoms with E-state index in [0.29, 0.717) is 13.0 Å². The van der Waals surface area contributed by atoms with Crippen LogP contribution in [-0.2, 0) is 13.5 Å². The summed E-state index contributed by atoms with van der Waals surface area (Å²) in [6.07, 6.45) is 8.44. The van der Waals surface area contributed by atoms with Crippen molar-refractivity contribution in [3.8, 4) is 0 Å². The van der Waals surface area contributed by atoms with Gasteiger partial charge >= 0.3 is 6.03 Å². The summed E-state index contributed by atoms with van der Waals surface area (Å²) in [4.78, 5) is 14.1. The van der Waals surface area contributed by atoms with E-state index in [1.165, 1.54) is 0 Å². The Kier molecular flexibility index (Phi) is 5.40. The molecule has 2 rings (SSSR count). The Morgan fingerprint density at radius 1 is 1.55 bits per heavy atom. The number of nitrogens with one attached hydrogen (secondary N) is 1. The monoisotopic (exact) mass is 280 g/mol. The van der Waals surface area contributed by atoms with Gasteiger partial charge in [0.2, 0.25) is 0 Å². The molecule has 0 bridgehead atoms. The highest BCUT2D eigenvalue weighted by Crippen LogP contribution is 2.19. The standard InChI is InChI=1S/C14H24N4O2/c1-17-11-12(10-16-17)5-7-15-14(20)18-8-3-2-4-13(18)6-9-19/h10-11,13,19H,2-9H2,1H3,(H,15,20).